The van der Waals surface area contributed by atoms with Crippen molar-refractivity contribution in [1.29, 1.82) is 0 Å². The molecule has 1 rings (SSSR count). The highest BCUT2D eigenvalue weighted by molar-refractivity contribution is 9.15. The molecule has 0 N–H and O–H groups in total. The minimum atomic E-state index is 0.491. The average Bonchev–Trinajstić information content (AvgIpc) is 2.08. The van der Waals surface area contributed by atoms with Crippen molar-refractivity contribution in [3.8, 4) is 0 Å². The first kappa shape index (κ1) is 11.5. The first-order valence-corrected chi connectivity index (χ1v) is 6.66. The van der Waals surface area contributed by atoms with Crippen LogP contribution in [0.3, 0.4) is 0 Å². The van der Waals surface area contributed by atoms with Crippen LogP contribution in [0.25, 0.3) is 0 Å². The Kier molecular flexibility index (Phi) is 4.58. The largest absolute Gasteiger partial charge is 0.122 e. The van der Waals surface area contributed by atoms with Crippen LogP contribution in [0, 0.1) is 0 Å². The quantitative estimate of drug-likeness (QED) is 0.307. The van der Waals surface area contributed by atoms with E-state index in [1.54, 1.807) is 0 Å². The maximum atomic E-state index is 5.74. The number of benzene rings is 1. The summed E-state index contributed by atoms with van der Waals surface area (Å²) < 4.78 is 3.96. The molecule has 5 heteroatoms. The van der Waals surface area contributed by atoms with E-state index in [0.29, 0.717) is 5.88 Å². The average molecular weight is 442 g/mol. The van der Waals surface area contributed by atoms with Crippen molar-refractivity contribution in [2.24, 2.45) is 0 Å². The van der Waals surface area contributed by atoms with Crippen LogP contribution in [0.15, 0.2) is 24.0 Å². The molecule has 0 saturated carbocycles. The number of halogens is 5. The Labute approximate surface area is 110 Å². The molecule has 0 fully saturated rings. The second-order valence-electron chi connectivity index (χ2n) is 2.09. The minimum Gasteiger partial charge on any atom is -0.122 e. The Hall–Kier alpha value is 1.43. The van der Waals surface area contributed by atoms with Gasteiger partial charge >= 0.3 is 0 Å². The van der Waals surface area contributed by atoms with E-state index >= 15 is 0 Å². The molecular formula is C7H3Br4Cl. The van der Waals surface area contributed by atoms with Gasteiger partial charge in [-0.05, 0) is 75.3 Å². The highest BCUT2D eigenvalue weighted by Crippen LogP contribution is 2.39. The van der Waals surface area contributed by atoms with E-state index in [0.717, 1.165) is 23.5 Å². The molecule has 0 saturated heterocycles. The molecule has 0 bridgehead atoms. The lowest BCUT2D eigenvalue weighted by molar-refractivity contribution is 1.32. The summed E-state index contributed by atoms with van der Waals surface area (Å²) in [6, 6.07) is 1.98. The van der Waals surface area contributed by atoms with Crippen LogP contribution in [-0.4, -0.2) is 0 Å². The summed E-state index contributed by atoms with van der Waals surface area (Å²) >= 11 is 19.5. The summed E-state index contributed by atoms with van der Waals surface area (Å²) in [6.07, 6.45) is 0. The van der Waals surface area contributed by atoms with Crippen molar-refractivity contribution in [2.45, 2.75) is 5.88 Å². The summed E-state index contributed by atoms with van der Waals surface area (Å²) in [7, 11) is 0. The van der Waals surface area contributed by atoms with Crippen LogP contribution in [0.1, 0.15) is 5.56 Å². The van der Waals surface area contributed by atoms with Gasteiger partial charge in [0, 0.05) is 23.8 Å². The SMILES string of the molecule is ClCc1cc(Br)c(Br)c(Br)c1Br. The van der Waals surface area contributed by atoms with Crippen LogP contribution in [-0.2, 0) is 5.88 Å². The monoisotopic (exact) mass is 438 g/mol. The lowest BCUT2D eigenvalue weighted by Gasteiger charge is -2.06. The van der Waals surface area contributed by atoms with Gasteiger partial charge in [-0.2, -0.15) is 0 Å². The van der Waals surface area contributed by atoms with Gasteiger partial charge in [0.05, 0.1) is 0 Å². The summed E-state index contributed by atoms with van der Waals surface area (Å²) in [5.41, 5.74) is 1.05. The second kappa shape index (κ2) is 4.78. The van der Waals surface area contributed by atoms with E-state index in [2.05, 4.69) is 63.7 Å². The standard InChI is InChI=1S/C7H3Br4Cl/c8-4-1-3(2-12)5(9)7(11)6(4)10/h1H,2H2. The maximum absolute atomic E-state index is 5.74. The molecule has 1 aromatic rings. The third kappa shape index (κ3) is 2.27. The van der Waals surface area contributed by atoms with E-state index < -0.39 is 0 Å². The highest BCUT2D eigenvalue weighted by atomic mass is 79.9. The van der Waals surface area contributed by atoms with Crippen LogP contribution >= 0.6 is 75.3 Å². The van der Waals surface area contributed by atoms with Crippen molar-refractivity contribution in [2.75, 3.05) is 0 Å². The highest BCUT2D eigenvalue weighted by Gasteiger charge is 2.10. The molecule has 0 nitrogen and oxygen atoms in total. The summed E-state index contributed by atoms with van der Waals surface area (Å²) in [6.45, 7) is 0. The number of rotatable bonds is 1. The molecule has 0 spiro atoms. The molecule has 0 aliphatic heterocycles. The number of hydrogen-bond acceptors (Lipinski definition) is 0. The Morgan fingerprint density at radius 3 is 2.08 bits per heavy atom. The van der Waals surface area contributed by atoms with Crippen molar-refractivity contribution in [3.05, 3.63) is 29.5 Å². The first-order chi connectivity index (χ1) is 5.57. The van der Waals surface area contributed by atoms with Crippen LogP contribution in [0.5, 0.6) is 0 Å². The van der Waals surface area contributed by atoms with Crippen molar-refractivity contribution >= 4 is 75.3 Å². The van der Waals surface area contributed by atoms with E-state index in [4.69, 9.17) is 11.6 Å². The smallest absolute Gasteiger partial charge is 0.0486 e. The fraction of sp³-hybridized carbons (Fsp3) is 0.143. The van der Waals surface area contributed by atoms with Gasteiger partial charge in [0.1, 0.15) is 0 Å². The van der Waals surface area contributed by atoms with Gasteiger partial charge in [0.25, 0.3) is 0 Å². The summed E-state index contributed by atoms with van der Waals surface area (Å²) in [5.74, 6) is 0.491. The zero-order chi connectivity index (χ0) is 9.30. The molecule has 0 aromatic heterocycles. The van der Waals surface area contributed by atoms with Crippen molar-refractivity contribution < 1.29 is 0 Å². The maximum Gasteiger partial charge on any atom is 0.0486 e. The van der Waals surface area contributed by atoms with E-state index in [1.165, 1.54) is 0 Å². The zero-order valence-electron chi connectivity index (χ0n) is 5.67. The van der Waals surface area contributed by atoms with E-state index in [-0.39, 0.29) is 0 Å². The minimum absolute atomic E-state index is 0.491. The molecule has 0 radical (unpaired) electrons. The Morgan fingerprint density at radius 1 is 1.00 bits per heavy atom. The Bertz CT molecular complexity index is 311. The topological polar surface area (TPSA) is 0 Å². The Morgan fingerprint density at radius 2 is 1.58 bits per heavy atom. The van der Waals surface area contributed by atoms with Gasteiger partial charge in [0.2, 0.25) is 0 Å². The third-order valence-corrected chi connectivity index (χ3v) is 6.35. The zero-order valence-corrected chi connectivity index (χ0v) is 12.8. The molecule has 66 valence electrons. The molecule has 0 atom stereocenters. The molecule has 1 aromatic carbocycles. The Balaban J connectivity index is 3.39. The second-order valence-corrected chi connectivity index (χ2v) is 5.59. The van der Waals surface area contributed by atoms with Crippen molar-refractivity contribution in [3.63, 3.8) is 0 Å². The van der Waals surface area contributed by atoms with Crippen LogP contribution < -0.4 is 0 Å². The normalized spacial score (nSPS) is 10.4. The van der Waals surface area contributed by atoms with Gasteiger partial charge in [-0.3, -0.25) is 0 Å². The molecule has 0 aliphatic rings. The third-order valence-electron chi connectivity index (χ3n) is 1.32. The molecular weight excluding hydrogens is 439 g/mol. The summed E-state index contributed by atoms with van der Waals surface area (Å²) in [4.78, 5) is 0. The summed E-state index contributed by atoms with van der Waals surface area (Å²) in [5, 5.41) is 0. The predicted octanol–water partition coefficient (Wildman–Crippen LogP) is 5.48. The number of alkyl halides is 1. The van der Waals surface area contributed by atoms with Gasteiger partial charge in [-0.1, -0.05) is 0 Å². The fourth-order valence-corrected chi connectivity index (χ4v) is 3.33. The molecule has 0 amide bonds. The predicted molar refractivity (Wildman–Crippen MR) is 66.8 cm³/mol. The lowest BCUT2D eigenvalue weighted by atomic mass is 10.2. The molecule has 12 heavy (non-hydrogen) atoms. The molecule has 0 aliphatic carbocycles. The van der Waals surface area contributed by atoms with Crippen LogP contribution in [0.4, 0.5) is 0 Å². The molecule has 0 heterocycles. The van der Waals surface area contributed by atoms with E-state index in [9.17, 15) is 0 Å². The van der Waals surface area contributed by atoms with Crippen LogP contribution in [0.2, 0.25) is 0 Å². The fourth-order valence-electron chi connectivity index (χ4n) is 0.719. The lowest BCUT2D eigenvalue weighted by Crippen LogP contribution is -1.84. The van der Waals surface area contributed by atoms with Gasteiger partial charge in [-0.25, -0.2) is 0 Å². The van der Waals surface area contributed by atoms with Crippen molar-refractivity contribution in [1.82, 2.24) is 0 Å². The van der Waals surface area contributed by atoms with Gasteiger partial charge < -0.3 is 0 Å². The number of hydrogen-bond donors (Lipinski definition) is 0. The van der Waals surface area contributed by atoms with E-state index in [1.807, 2.05) is 6.07 Å². The van der Waals surface area contributed by atoms with Gasteiger partial charge in [0.15, 0.2) is 0 Å². The van der Waals surface area contributed by atoms with Gasteiger partial charge in [-0.15, -0.1) is 11.6 Å². The molecule has 0 unspecified atom stereocenters. The first-order valence-electron chi connectivity index (χ1n) is 2.95.